The number of hydrogen-bond donors (Lipinski definition) is 1. The summed E-state index contributed by atoms with van der Waals surface area (Å²) in [6.07, 6.45) is -3.46. The fourth-order valence-electron chi connectivity index (χ4n) is 3.13. The van der Waals surface area contributed by atoms with E-state index in [1.165, 1.54) is 4.90 Å². The number of benzene rings is 1. The van der Waals surface area contributed by atoms with Gasteiger partial charge in [0.25, 0.3) is 5.82 Å². The van der Waals surface area contributed by atoms with Crippen molar-refractivity contribution in [2.45, 2.75) is 12.7 Å². The van der Waals surface area contributed by atoms with Gasteiger partial charge in [0.15, 0.2) is 0 Å². The number of halogens is 4. The Bertz CT molecular complexity index is 824. The van der Waals surface area contributed by atoms with Crippen molar-refractivity contribution < 1.29 is 23.1 Å². The zero-order valence-corrected chi connectivity index (χ0v) is 14.7. The van der Waals surface area contributed by atoms with E-state index in [4.69, 9.17) is 16.9 Å². The highest BCUT2D eigenvalue weighted by Gasteiger charge is 2.34. The van der Waals surface area contributed by atoms with Crippen LogP contribution in [0.1, 0.15) is 16.7 Å². The minimum atomic E-state index is -4.42. The van der Waals surface area contributed by atoms with Gasteiger partial charge in [-0.1, -0.05) is 23.7 Å². The fraction of sp³-hybridized carbons (Fsp3) is 0.333. The quantitative estimate of drug-likeness (QED) is 0.882. The summed E-state index contributed by atoms with van der Waals surface area (Å²) in [5.41, 5.74) is 0.964. The number of rotatable bonds is 3. The van der Waals surface area contributed by atoms with E-state index in [2.05, 4.69) is 11.1 Å². The van der Waals surface area contributed by atoms with E-state index < -0.39 is 11.7 Å². The Labute approximate surface area is 154 Å². The predicted molar refractivity (Wildman–Crippen MR) is 90.8 cm³/mol. The fourth-order valence-corrected chi connectivity index (χ4v) is 3.42. The van der Waals surface area contributed by atoms with Crippen LogP contribution >= 0.6 is 11.6 Å². The Morgan fingerprint density at radius 1 is 1.23 bits per heavy atom. The van der Waals surface area contributed by atoms with Gasteiger partial charge in [0, 0.05) is 5.56 Å². The molecule has 1 aromatic heterocycles. The molecule has 2 aromatic rings. The van der Waals surface area contributed by atoms with Gasteiger partial charge in [0.2, 0.25) is 0 Å². The number of nitriles is 1. The molecule has 2 N–H and O–H groups in total. The summed E-state index contributed by atoms with van der Waals surface area (Å²) >= 11 is 6.06. The molecule has 136 valence electrons. The van der Waals surface area contributed by atoms with E-state index in [9.17, 15) is 13.2 Å². The number of nitrogens with zero attached hydrogens (tertiary/aromatic N) is 2. The molecular formula is C18H18ClF3N4+2. The first-order valence-corrected chi connectivity index (χ1v) is 8.60. The second kappa shape index (κ2) is 7.52. The highest BCUT2D eigenvalue weighted by atomic mass is 35.5. The summed E-state index contributed by atoms with van der Waals surface area (Å²) in [7, 11) is 0. The molecular weight excluding hydrogens is 365 g/mol. The van der Waals surface area contributed by atoms with E-state index in [-0.39, 0.29) is 5.02 Å². The van der Waals surface area contributed by atoms with Crippen molar-refractivity contribution in [1.29, 1.82) is 5.26 Å². The van der Waals surface area contributed by atoms with Gasteiger partial charge < -0.3 is 4.90 Å². The van der Waals surface area contributed by atoms with Gasteiger partial charge in [-0.05, 0) is 18.2 Å². The van der Waals surface area contributed by atoms with Gasteiger partial charge in [-0.3, -0.25) is 0 Å². The van der Waals surface area contributed by atoms with Crippen LogP contribution in [0.4, 0.5) is 19.0 Å². The summed E-state index contributed by atoms with van der Waals surface area (Å²) < 4.78 is 38.2. The zero-order chi connectivity index (χ0) is 18.7. The Kier molecular flexibility index (Phi) is 5.35. The predicted octanol–water partition coefficient (Wildman–Crippen LogP) is 1.95. The molecule has 1 fully saturated rings. The molecule has 0 bridgehead atoms. The van der Waals surface area contributed by atoms with Crippen molar-refractivity contribution in [1.82, 2.24) is 0 Å². The van der Waals surface area contributed by atoms with Crippen molar-refractivity contribution in [3.8, 4) is 6.07 Å². The third-order valence-electron chi connectivity index (χ3n) is 4.50. The van der Waals surface area contributed by atoms with E-state index in [0.29, 0.717) is 24.5 Å². The van der Waals surface area contributed by atoms with Crippen LogP contribution in [0, 0.1) is 11.3 Å². The Balaban J connectivity index is 1.62. The molecule has 0 unspecified atom stereocenters. The molecule has 1 aromatic carbocycles. The molecule has 0 aliphatic carbocycles. The lowest BCUT2D eigenvalue weighted by molar-refractivity contribution is -0.914. The number of nitrogens with one attached hydrogen (secondary N) is 2. The molecule has 1 aliphatic rings. The van der Waals surface area contributed by atoms with Crippen LogP contribution in [0.5, 0.6) is 0 Å². The highest BCUT2D eigenvalue weighted by molar-refractivity contribution is 6.32. The maximum absolute atomic E-state index is 12.7. The molecule has 0 saturated carbocycles. The molecule has 0 spiro atoms. The smallest absolute Gasteiger partial charge is 0.325 e. The monoisotopic (exact) mass is 382 g/mol. The SMILES string of the molecule is N#Cc1cccc(C[NH+]2CCN(c3[nH+]cc(C(F)(F)F)cc3Cl)CC2)c1. The second-order valence-electron chi connectivity index (χ2n) is 6.31. The topological polar surface area (TPSA) is 45.6 Å². The van der Waals surface area contributed by atoms with Gasteiger partial charge >= 0.3 is 6.18 Å². The van der Waals surface area contributed by atoms with Crippen LogP contribution in [-0.2, 0) is 12.7 Å². The van der Waals surface area contributed by atoms with Crippen LogP contribution in [-0.4, -0.2) is 26.2 Å². The largest absolute Gasteiger partial charge is 0.419 e. The van der Waals surface area contributed by atoms with E-state index in [1.807, 2.05) is 23.1 Å². The maximum atomic E-state index is 12.7. The minimum absolute atomic E-state index is 0.0741. The minimum Gasteiger partial charge on any atom is -0.325 e. The van der Waals surface area contributed by atoms with Gasteiger partial charge in [0.05, 0.1) is 17.2 Å². The van der Waals surface area contributed by atoms with Gasteiger partial charge in [-0.2, -0.15) is 18.4 Å². The highest BCUT2D eigenvalue weighted by Crippen LogP contribution is 2.31. The molecule has 1 saturated heterocycles. The first kappa shape index (κ1) is 18.5. The first-order valence-electron chi connectivity index (χ1n) is 8.23. The Morgan fingerprint density at radius 2 is 1.96 bits per heavy atom. The summed E-state index contributed by atoms with van der Waals surface area (Å²) in [5, 5.41) is 9.05. The summed E-state index contributed by atoms with van der Waals surface area (Å²) in [6, 6.07) is 10.6. The molecule has 0 atom stereocenters. The average Bonchev–Trinajstić information content (AvgIpc) is 2.62. The Hall–Kier alpha value is -2.30. The van der Waals surface area contributed by atoms with E-state index in [0.717, 1.165) is 37.5 Å². The van der Waals surface area contributed by atoms with Gasteiger partial charge in [-0.25, -0.2) is 9.88 Å². The van der Waals surface area contributed by atoms with Crippen molar-refractivity contribution in [3.63, 3.8) is 0 Å². The van der Waals surface area contributed by atoms with E-state index >= 15 is 0 Å². The number of aromatic amines is 1. The summed E-state index contributed by atoms with van der Waals surface area (Å²) in [6.45, 7) is 3.86. The lowest BCUT2D eigenvalue weighted by Crippen LogP contribution is -3.13. The zero-order valence-electron chi connectivity index (χ0n) is 13.9. The molecule has 3 rings (SSSR count). The normalized spacial score (nSPS) is 15.7. The number of alkyl halides is 3. The Morgan fingerprint density at radius 3 is 2.58 bits per heavy atom. The van der Waals surface area contributed by atoms with Crippen molar-refractivity contribution >= 4 is 17.4 Å². The van der Waals surface area contributed by atoms with Crippen LogP contribution in [0.15, 0.2) is 36.5 Å². The van der Waals surface area contributed by atoms with Gasteiger partial charge in [-0.15, -0.1) is 0 Å². The van der Waals surface area contributed by atoms with Crippen molar-refractivity contribution in [2.24, 2.45) is 0 Å². The summed E-state index contributed by atoms with van der Waals surface area (Å²) in [5.74, 6) is 0.519. The molecule has 26 heavy (non-hydrogen) atoms. The molecule has 2 heterocycles. The van der Waals surface area contributed by atoms with Gasteiger partial charge in [0.1, 0.15) is 43.9 Å². The maximum Gasteiger partial charge on any atom is 0.419 e. The summed E-state index contributed by atoms with van der Waals surface area (Å²) in [4.78, 5) is 6.02. The number of aromatic nitrogens is 1. The molecule has 1 aliphatic heterocycles. The van der Waals surface area contributed by atoms with E-state index in [1.54, 1.807) is 6.07 Å². The number of anilines is 1. The van der Waals surface area contributed by atoms with Crippen LogP contribution in [0.25, 0.3) is 0 Å². The van der Waals surface area contributed by atoms with Crippen LogP contribution < -0.4 is 14.8 Å². The number of piperazine rings is 1. The second-order valence-corrected chi connectivity index (χ2v) is 6.72. The first-order chi connectivity index (χ1) is 12.4. The lowest BCUT2D eigenvalue weighted by atomic mass is 10.1. The van der Waals surface area contributed by atoms with Crippen LogP contribution in [0.3, 0.4) is 0 Å². The number of hydrogen-bond acceptors (Lipinski definition) is 2. The molecule has 0 radical (unpaired) electrons. The molecule has 8 heteroatoms. The number of pyridine rings is 1. The van der Waals surface area contributed by atoms with Crippen molar-refractivity contribution in [2.75, 3.05) is 31.1 Å². The molecule has 0 amide bonds. The standard InChI is InChI=1S/C18H16ClF3N4/c19-16-9-15(18(20,21)22)11-24-17(16)26-6-4-25(5-7-26)12-14-3-1-2-13(8-14)10-23/h1-3,8-9,11H,4-7,12H2/p+2. The third-order valence-corrected chi connectivity index (χ3v) is 4.79. The average molecular weight is 383 g/mol. The lowest BCUT2D eigenvalue weighted by Gasteiger charge is -2.28. The number of quaternary nitrogens is 1. The van der Waals surface area contributed by atoms with Crippen LogP contribution in [0.2, 0.25) is 5.02 Å². The van der Waals surface area contributed by atoms with Crippen molar-refractivity contribution in [3.05, 3.63) is 58.2 Å². The number of H-pyrrole nitrogens is 1. The third kappa shape index (κ3) is 4.26. The molecule has 4 nitrogen and oxygen atoms in total.